The van der Waals surface area contributed by atoms with Gasteiger partial charge in [-0.15, -0.1) is 0 Å². The fraction of sp³-hybridized carbons (Fsp3) is 0.615. The highest BCUT2D eigenvalue weighted by Gasteiger charge is 2.24. The van der Waals surface area contributed by atoms with Crippen LogP contribution in [0.3, 0.4) is 0 Å². The molecule has 1 fully saturated rings. The number of aromatic nitrogens is 1. The third-order valence-electron chi connectivity index (χ3n) is 3.35. The summed E-state index contributed by atoms with van der Waals surface area (Å²) in [4.78, 5) is 4.35. The number of hydrogen-bond acceptors (Lipinski definition) is 3. The summed E-state index contributed by atoms with van der Waals surface area (Å²) in [7, 11) is 0. The number of pyridine rings is 1. The molecule has 88 valence electrons. The molecular formula is C13H21N3. The van der Waals surface area contributed by atoms with Crippen LogP contribution in [0.15, 0.2) is 18.3 Å². The second-order valence-electron chi connectivity index (χ2n) is 4.87. The van der Waals surface area contributed by atoms with Crippen LogP contribution in [0.1, 0.15) is 38.7 Å². The Hall–Kier alpha value is -1.09. The molecule has 1 aromatic rings. The first-order valence-electron chi connectivity index (χ1n) is 6.14. The molecule has 3 nitrogen and oxygen atoms in total. The number of piperidine rings is 1. The van der Waals surface area contributed by atoms with Crippen molar-refractivity contribution in [3.8, 4) is 0 Å². The Morgan fingerprint density at radius 2 is 2.00 bits per heavy atom. The van der Waals surface area contributed by atoms with Crippen LogP contribution in [0.5, 0.6) is 0 Å². The number of nitrogens with zero attached hydrogens (tertiary/aromatic N) is 2. The molecule has 0 amide bonds. The van der Waals surface area contributed by atoms with E-state index in [4.69, 9.17) is 0 Å². The third kappa shape index (κ3) is 2.53. The topological polar surface area (TPSA) is 28.2 Å². The molecule has 16 heavy (non-hydrogen) atoms. The van der Waals surface area contributed by atoms with Crippen molar-refractivity contribution in [3.63, 3.8) is 0 Å². The van der Waals surface area contributed by atoms with Crippen LogP contribution >= 0.6 is 0 Å². The lowest BCUT2D eigenvalue weighted by molar-refractivity contribution is 0.135. The Bertz CT molecular complexity index is 341. The van der Waals surface area contributed by atoms with E-state index in [-0.39, 0.29) is 0 Å². The van der Waals surface area contributed by atoms with Gasteiger partial charge < -0.3 is 5.43 Å². The van der Waals surface area contributed by atoms with Gasteiger partial charge in [0.25, 0.3) is 0 Å². The van der Waals surface area contributed by atoms with Crippen molar-refractivity contribution < 1.29 is 0 Å². The number of rotatable bonds is 2. The van der Waals surface area contributed by atoms with E-state index in [9.17, 15) is 0 Å². The molecule has 0 bridgehead atoms. The second-order valence-corrected chi connectivity index (χ2v) is 4.87. The molecule has 3 heteroatoms. The van der Waals surface area contributed by atoms with Gasteiger partial charge in [0.15, 0.2) is 0 Å². The van der Waals surface area contributed by atoms with Gasteiger partial charge in [-0.25, -0.2) is 9.99 Å². The fourth-order valence-corrected chi connectivity index (χ4v) is 2.37. The number of hydrogen-bond donors (Lipinski definition) is 1. The first-order valence-corrected chi connectivity index (χ1v) is 6.14. The van der Waals surface area contributed by atoms with Crippen LogP contribution in [0, 0.1) is 6.92 Å². The minimum Gasteiger partial charge on any atom is -0.303 e. The maximum Gasteiger partial charge on any atom is 0.140 e. The minimum absolute atomic E-state index is 0.589. The van der Waals surface area contributed by atoms with Gasteiger partial charge >= 0.3 is 0 Å². The summed E-state index contributed by atoms with van der Waals surface area (Å²) in [5, 5.41) is 2.34. The summed E-state index contributed by atoms with van der Waals surface area (Å²) >= 11 is 0. The van der Waals surface area contributed by atoms with Crippen molar-refractivity contribution in [2.75, 3.05) is 5.43 Å². The predicted octanol–water partition coefficient (Wildman–Crippen LogP) is 2.98. The van der Waals surface area contributed by atoms with Crippen molar-refractivity contribution in [2.24, 2.45) is 0 Å². The molecular weight excluding hydrogens is 198 g/mol. The highest BCUT2D eigenvalue weighted by molar-refractivity contribution is 5.36. The standard InChI is InChI=1S/C13H21N3/c1-10-7-8-14-13(9-10)15-16-11(2)5-4-6-12(16)3/h7-9,11-12H,4-6H2,1-3H3,(H,14,15)/t11-,12-/m1/s1. The smallest absolute Gasteiger partial charge is 0.140 e. The van der Waals surface area contributed by atoms with Gasteiger partial charge in [0.2, 0.25) is 0 Å². The summed E-state index contributed by atoms with van der Waals surface area (Å²) in [6, 6.07) is 5.29. The van der Waals surface area contributed by atoms with E-state index >= 15 is 0 Å². The van der Waals surface area contributed by atoms with E-state index in [2.05, 4.69) is 42.3 Å². The van der Waals surface area contributed by atoms with Crippen LogP contribution in [-0.4, -0.2) is 22.1 Å². The summed E-state index contributed by atoms with van der Waals surface area (Å²) in [5.41, 5.74) is 4.69. The van der Waals surface area contributed by atoms with Gasteiger partial charge in [0, 0.05) is 18.3 Å². The first kappa shape index (κ1) is 11.4. The Morgan fingerprint density at radius 3 is 2.62 bits per heavy atom. The Labute approximate surface area is 97.8 Å². The normalized spacial score (nSPS) is 26.7. The number of aryl methyl sites for hydroxylation is 1. The van der Waals surface area contributed by atoms with Crippen LogP contribution in [0.25, 0.3) is 0 Å². The number of anilines is 1. The lowest BCUT2D eigenvalue weighted by Crippen LogP contribution is -2.47. The molecule has 0 unspecified atom stereocenters. The minimum atomic E-state index is 0.589. The molecule has 2 rings (SSSR count). The fourth-order valence-electron chi connectivity index (χ4n) is 2.37. The van der Waals surface area contributed by atoms with Crippen LogP contribution < -0.4 is 5.43 Å². The van der Waals surface area contributed by atoms with Crippen molar-refractivity contribution in [2.45, 2.75) is 52.1 Å². The largest absolute Gasteiger partial charge is 0.303 e. The zero-order chi connectivity index (χ0) is 11.5. The van der Waals surface area contributed by atoms with Crippen LogP contribution in [-0.2, 0) is 0 Å². The van der Waals surface area contributed by atoms with Gasteiger partial charge in [0.05, 0.1) is 0 Å². The Balaban J connectivity index is 2.07. The zero-order valence-corrected chi connectivity index (χ0v) is 10.4. The van der Waals surface area contributed by atoms with Crippen molar-refractivity contribution >= 4 is 5.82 Å². The Kier molecular flexibility index (Phi) is 3.44. The van der Waals surface area contributed by atoms with Crippen molar-refractivity contribution in [1.82, 2.24) is 9.99 Å². The highest BCUT2D eigenvalue weighted by Crippen LogP contribution is 2.22. The van der Waals surface area contributed by atoms with Gasteiger partial charge in [-0.3, -0.25) is 0 Å². The van der Waals surface area contributed by atoms with Gasteiger partial charge in [-0.05, 0) is 51.3 Å². The summed E-state index contributed by atoms with van der Waals surface area (Å²) in [6.45, 7) is 6.65. The molecule has 0 aliphatic carbocycles. The quantitative estimate of drug-likeness (QED) is 0.829. The maximum atomic E-state index is 4.35. The summed E-state index contributed by atoms with van der Waals surface area (Å²) < 4.78 is 0. The average Bonchev–Trinajstić information content (AvgIpc) is 2.24. The summed E-state index contributed by atoms with van der Waals surface area (Å²) in [5.74, 6) is 0.959. The molecule has 0 radical (unpaired) electrons. The highest BCUT2D eigenvalue weighted by atomic mass is 15.5. The molecule has 1 aliphatic rings. The van der Waals surface area contributed by atoms with E-state index in [0.717, 1.165) is 5.82 Å². The molecule has 1 aromatic heterocycles. The Morgan fingerprint density at radius 1 is 1.31 bits per heavy atom. The van der Waals surface area contributed by atoms with E-state index in [1.807, 2.05) is 12.3 Å². The molecule has 1 N–H and O–H groups in total. The van der Waals surface area contributed by atoms with Crippen LogP contribution in [0.2, 0.25) is 0 Å². The molecule has 2 atom stereocenters. The molecule has 0 aromatic carbocycles. The molecule has 0 saturated carbocycles. The molecule has 1 aliphatic heterocycles. The van der Waals surface area contributed by atoms with E-state index in [1.165, 1.54) is 24.8 Å². The molecule has 2 heterocycles. The van der Waals surface area contributed by atoms with E-state index in [0.29, 0.717) is 12.1 Å². The van der Waals surface area contributed by atoms with Crippen LogP contribution in [0.4, 0.5) is 5.82 Å². The van der Waals surface area contributed by atoms with Gasteiger partial charge in [-0.1, -0.05) is 6.42 Å². The monoisotopic (exact) mass is 219 g/mol. The van der Waals surface area contributed by atoms with Gasteiger partial charge in [0.1, 0.15) is 5.82 Å². The van der Waals surface area contributed by atoms with E-state index < -0.39 is 0 Å². The van der Waals surface area contributed by atoms with Crippen molar-refractivity contribution in [3.05, 3.63) is 23.9 Å². The average molecular weight is 219 g/mol. The second kappa shape index (κ2) is 4.83. The summed E-state index contributed by atoms with van der Waals surface area (Å²) in [6.07, 6.45) is 5.73. The maximum absolute atomic E-state index is 4.35. The zero-order valence-electron chi connectivity index (χ0n) is 10.4. The lowest BCUT2D eigenvalue weighted by atomic mass is 10.00. The first-order chi connectivity index (χ1) is 7.66. The van der Waals surface area contributed by atoms with E-state index in [1.54, 1.807) is 0 Å². The lowest BCUT2D eigenvalue weighted by Gasteiger charge is -2.39. The number of hydrazine groups is 1. The third-order valence-corrected chi connectivity index (χ3v) is 3.35. The SMILES string of the molecule is Cc1ccnc(NN2[C@H](C)CCC[C@H]2C)c1. The number of nitrogens with one attached hydrogen (secondary N) is 1. The molecule has 0 spiro atoms. The van der Waals surface area contributed by atoms with Gasteiger partial charge in [-0.2, -0.15) is 0 Å². The predicted molar refractivity (Wildman–Crippen MR) is 67.2 cm³/mol. The molecule has 1 saturated heterocycles. The van der Waals surface area contributed by atoms with Crippen molar-refractivity contribution in [1.29, 1.82) is 0 Å².